The lowest BCUT2D eigenvalue weighted by molar-refractivity contribution is -0.230. The maximum atomic E-state index is 13.5. The number of fused-ring (bicyclic) bond motifs is 2. The number of cyclic esters (lactones) is 2. The van der Waals surface area contributed by atoms with Crippen LogP contribution >= 0.6 is 0 Å². The number of aromatic nitrogens is 1. The first kappa shape index (κ1) is 29.2. The van der Waals surface area contributed by atoms with Crippen molar-refractivity contribution in [3.8, 4) is 0 Å². The second kappa shape index (κ2) is 9.56. The third-order valence-corrected chi connectivity index (χ3v) is 9.45. The molecule has 3 aliphatic heterocycles. The summed E-state index contributed by atoms with van der Waals surface area (Å²) in [7, 11) is 0. The monoisotopic (exact) mass is 595 g/mol. The minimum Gasteiger partial charge on any atom is -0.491 e. The normalized spacial score (nSPS) is 38.7. The summed E-state index contributed by atoms with van der Waals surface area (Å²) in [6, 6.07) is 5.36. The number of ether oxygens (including phenoxy) is 6. The summed E-state index contributed by atoms with van der Waals surface area (Å²) in [4.78, 5) is 56.5. The first-order chi connectivity index (χ1) is 20.1. The van der Waals surface area contributed by atoms with Crippen molar-refractivity contribution in [2.24, 2.45) is 28.1 Å². The van der Waals surface area contributed by atoms with Crippen LogP contribution in [0, 0.1) is 28.1 Å². The Morgan fingerprint density at radius 2 is 1.07 bits per heavy atom. The Bertz CT molecular complexity index is 1380. The zero-order valence-electron chi connectivity index (χ0n) is 25.3. The molecule has 5 aliphatic rings. The van der Waals surface area contributed by atoms with E-state index in [1.54, 1.807) is 45.9 Å². The standard InChI is InChI=1S/C32H37NO10/c1-28(2)16-40-26(36)29(3)14-31(5)24(29)20(10-22(34)42-31)38-12-18-8-7-9-19(33-18)13-39-21-11-23(35)43-32(6)15-30(4,25(21)32)27(37)41-17-28/h7-11,24-25H,12-17H2,1-6H3. The quantitative estimate of drug-likeness (QED) is 0.321. The van der Waals surface area contributed by atoms with Crippen molar-refractivity contribution in [2.45, 2.75) is 78.8 Å². The van der Waals surface area contributed by atoms with Crippen LogP contribution in [0.4, 0.5) is 0 Å². The summed E-state index contributed by atoms with van der Waals surface area (Å²) in [5.41, 5.74) is -3.39. The van der Waals surface area contributed by atoms with Crippen molar-refractivity contribution in [1.82, 2.24) is 4.98 Å². The molecule has 4 heterocycles. The SMILES string of the molecule is CC1(C)COC(=O)C2(C)CC3(C)OC(=O)C=C(OCc4cccc(n4)COC4=CC(=O)OC5(C)CC(C)(C(=O)OC1)C45)C32. The van der Waals surface area contributed by atoms with Crippen LogP contribution in [-0.2, 0) is 60.8 Å². The summed E-state index contributed by atoms with van der Waals surface area (Å²) in [5.74, 6) is -2.40. The van der Waals surface area contributed by atoms with E-state index in [0.29, 0.717) is 22.9 Å². The average molecular weight is 596 g/mol. The van der Waals surface area contributed by atoms with Crippen LogP contribution < -0.4 is 0 Å². The number of carbonyl (C=O) groups is 4. The highest BCUT2D eigenvalue weighted by atomic mass is 16.6. The first-order valence-corrected chi connectivity index (χ1v) is 14.5. The van der Waals surface area contributed by atoms with Gasteiger partial charge in [-0.2, -0.15) is 0 Å². The predicted octanol–water partition coefficient (Wildman–Crippen LogP) is 3.69. The molecule has 1 aromatic rings. The molecule has 1 aromatic heterocycles. The zero-order valence-corrected chi connectivity index (χ0v) is 25.3. The fourth-order valence-electron chi connectivity index (χ4n) is 7.82. The molecule has 2 bridgehead atoms. The Hall–Kier alpha value is -3.89. The van der Waals surface area contributed by atoms with Gasteiger partial charge in [-0.3, -0.25) is 14.6 Å². The van der Waals surface area contributed by atoms with Crippen LogP contribution in [0.25, 0.3) is 0 Å². The fourth-order valence-corrected chi connectivity index (χ4v) is 7.82. The number of carbonyl (C=O) groups excluding carboxylic acids is 4. The van der Waals surface area contributed by atoms with Crippen LogP contribution in [0.1, 0.15) is 65.8 Å². The lowest BCUT2D eigenvalue weighted by Crippen LogP contribution is -2.66. The molecule has 2 saturated carbocycles. The molecule has 0 N–H and O–H groups in total. The van der Waals surface area contributed by atoms with Crippen molar-refractivity contribution in [2.75, 3.05) is 13.2 Å². The number of nitrogens with zero attached hydrogens (tertiary/aromatic N) is 1. The van der Waals surface area contributed by atoms with Crippen molar-refractivity contribution in [3.05, 3.63) is 53.3 Å². The maximum absolute atomic E-state index is 13.5. The van der Waals surface area contributed by atoms with Gasteiger partial charge in [-0.05, 0) is 39.8 Å². The van der Waals surface area contributed by atoms with Crippen LogP contribution in [-0.4, -0.2) is 53.3 Å². The van der Waals surface area contributed by atoms with E-state index in [1.165, 1.54) is 12.2 Å². The molecule has 230 valence electrons. The lowest BCUT2D eigenvalue weighted by Gasteiger charge is -2.58. The second-order valence-corrected chi connectivity index (χ2v) is 14.1. The number of hydrogen-bond donors (Lipinski definition) is 0. The molecule has 0 amide bonds. The summed E-state index contributed by atoms with van der Waals surface area (Å²) >= 11 is 0. The predicted molar refractivity (Wildman–Crippen MR) is 147 cm³/mol. The van der Waals surface area contributed by atoms with Gasteiger partial charge in [0, 0.05) is 18.3 Å². The van der Waals surface area contributed by atoms with Gasteiger partial charge in [0.05, 0.1) is 59.4 Å². The molecule has 2 aliphatic carbocycles. The molecular weight excluding hydrogens is 558 g/mol. The zero-order chi connectivity index (χ0) is 31.0. The van der Waals surface area contributed by atoms with Gasteiger partial charge in [-0.25, -0.2) is 9.59 Å². The number of rotatable bonds is 0. The molecule has 11 heteroatoms. The van der Waals surface area contributed by atoms with E-state index in [9.17, 15) is 19.2 Å². The van der Waals surface area contributed by atoms with Crippen LogP contribution in [0.2, 0.25) is 0 Å². The smallest absolute Gasteiger partial charge is 0.334 e. The second-order valence-electron chi connectivity index (χ2n) is 14.1. The lowest BCUT2D eigenvalue weighted by atomic mass is 9.51. The fraction of sp³-hybridized carbons (Fsp3) is 0.594. The molecule has 0 radical (unpaired) electrons. The van der Waals surface area contributed by atoms with Gasteiger partial charge in [0.2, 0.25) is 0 Å². The Morgan fingerprint density at radius 1 is 0.651 bits per heavy atom. The van der Waals surface area contributed by atoms with E-state index in [1.807, 2.05) is 13.8 Å². The molecule has 2 fully saturated rings. The minimum absolute atomic E-state index is 0.00171. The first-order valence-electron chi connectivity index (χ1n) is 14.5. The van der Waals surface area contributed by atoms with E-state index in [0.717, 1.165) is 0 Å². The molecule has 6 atom stereocenters. The van der Waals surface area contributed by atoms with Crippen molar-refractivity contribution >= 4 is 23.9 Å². The topological polar surface area (TPSA) is 137 Å². The molecule has 0 saturated heterocycles. The van der Waals surface area contributed by atoms with Gasteiger partial charge in [0.25, 0.3) is 0 Å². The van der Waals surface area contributed by atoms with E-state index in [2.05, 4.69) is 4.98 Å². The molecule has 6 unspecified atom stereocenters. The van der Waals surface area contributed by atoms with Crippen molar-refractivity contribution < 1.29 is 47.6 Å². The largest absolute Gasteiger partial charge is 0.491 e. The Kier molecular flexibility index (Phi) is 6.49. The summed E-state index contributed by atoms with van der Waals surface area (Å²) in [6.45, 7) is 10.9. The number of pyridine rings is 1. The highest BCUT2D eigenvalue weighted by molar-refractivity contribution is 5.88. The van der Waals surface area contributed by atoms with Gasteiger partial charge in [0.15, 0.2) is 0 Å². The number of hydrogen-bond acceptors (Lipinski definition) is 11. The van der Waals surface area contributed by atoms with Crippen LogP contribution in [0.5, 0.6) is 0 Å². The average Bonchev–Trinajstić information content (AvgIpc) is 2.90. The Balaban J connectivity index is 1.32. The van der Waals surface area contributed by atoms with Gasteiger partial charge in [0.1, 0.15) is 35.9 Å². The van der Waals surface area contributed by atoms with E-state index in [4.69, 9.17) is 28.4 Å². The van der Waals surface area contributed by atoms with Crippen LogP contribution in [0.3, 0.4) is 0 Å². The molecule has 11 nitrogen and oxygen atoms in total. The highest BCUT2D eigenvalue weighted by Gasteiger charge is 2.70. The summed E-state index contributed by atoms with van der Waals surface area (Å²) < 4.78 is 35.1. The third-order valence-electron chi connectivity index (χ3n) is 9.45. The summed E-state index contributed by atoms with van der Waals surface area (Å²) in [6.07, 6.45) is 3.10. The van der Waals surface area contributed by atoms with E-state index >= 15 is 0 Å². The molecular formula is C32H37NO10. The molecule has 0 spiro atoms. The van der Waals surface area contributed by atoms with Gasteiger partial charge < -0.3 is 28.4 Å². The highest BCUT2D eigenvalue weighted by Crippen LogP contribution is 2.62. The van der Waals surface area contributed by atoms with Gasteiger partial charge in [-0.15, -0.1) is 0 Å². The van der Waals surface area contributed by atoms with E-state index in [-0.39, 0.29) is 39.3 Å². The van der Waals surface area contributed by atoms with E-state index < -0.39 is 63.2 Å². The molecule has 6 rings (SSSR count). The Morgan fingerprint density at radius 3 is 1.49 bits per heavy atom. The number of esters is 4. The maximum Gasteiger partial charge on any atom is 0.334 e. The molecule has 0 aromatic carbocycles. The van der Waals surface area contributed by atoms with Crippen molar-refractivity contribution in [3.63, 3.8) is 0 Å². The molecule has 43 heavy (non-hydrogen) atoms. The third kappa shape index (κ3) is 4.77. The minimum atomic E-state index is -0.997. The van der Waals surface area contributed by atoms with Crippen LogP contribution in [0.15, 0.2) is 41.9 Å². The van der Waals surface area contributed by atoms with Gasteiger partial charge >= 0.3 is 23.9 Å². The Labute approximate surface area is 249 Å². The van der Waals surface area contributed by atoms with Crippen molar-refractivity contribution in [1.29, 1.82) is 0 Å². The van der Waals surface area contributed by atoms with Gasteiger partial charge in [-0.1, -0.05) is 19.9 Å². The summed E-state index contributed by atoms with van der Waals surface area (Å²) in [5, 5.41) is 0.